The highest BCUT2D eigenvalue weighted by Crippen LogP contribution is 2.64. The fraction of sp³-hybridized carbons (Fsp3) is 0.412. The molecule has 0 radical (unpaired) electrons. The van der Waals surface area contributed by atoms with Gasteiger partial charge in [0.05, 0.1) is 7.11 Å². The van der Waals surface area contributed by atoms with Gasteiger partial charge in [-0.3, -0.25) is 9.69 Å². The van der Waals surface area contributed by atoms with Gasteiger partial charge in [0.2, 0.25) is 0 Å². The molecule has 1 aromatic carbocycles. The third kappa shape index (κ3) is 1.56. The molecule has 2 atom stereocenters. The van der Waals surface area contributed by atoms with E-state index in [2.05, 4.69) is 0 Å². The Kier molecular flexibility index (Phi) is 2.52. The second-order valence-corrected chi connectivity index (χ2v) is 6.08. The molecule has 2 fully saturated rings. The average molecular weight is 283 g/mol. The van der Waals surface area contributed by atoms with Crippen LogP contribution in [0.2, 0.25) is 0 Å². The van der Waals surface area contributed by atoms with Gasteiger partial charge in [0.1, 0.15) is 0 Å². The molecule has 0 N–H and O–H groups in total. The molecule has 3 aliphatic rings. The third-order valence-electron chi connectivity index (χ3n) is 5.12. The van der Waals surface area contributed by atoms with E-state index in [0.717, 1.165) is 36.1 Å². The number of fused-ring (bicyclic) bond motifs is 1. The summed E-state index contributed by atoms with van der Waals surface area (Å²) in [4.78, 5) is 26.2. The third-order valence-corrected chi connectivity index (χ3v) is 5.12. The van der Waals surface area contributed by atoms with E-state index in [-0.39, 0.29) is 17.3 Å². The molecule has 4 nitrogen and oxygen atoms in total. The molecule has 0 bridgehead atoms. The number of ether oxygens (including phenoxy) is 1. The highest BCUT2D eigenvalue weighted by molar-refractivity contribution is 6.08. The fourth-order valence-corrected chi connectivity index (χ4v) is 4.11. The zero-order valence-electron chi connectivity index (χ0n) is 12.0. The molecule has 1 spiro atoms. The van der Waals surface area contributed by atoms with Crippen molar-refractivity contribution in [3.8, 4) is 0 Å². The fourth-order valence-electron chi connectivity index (χ4n) is 4.11. The van der Waals surface area contributed by atoms with Gasteiger partial charge in [0.15, 0.2) is 5.78 Å². The number of allylic oxidation sites excluding steroid dienone is 2. The number of carbonyl (C=O) groups excluding carboxylic acids is 2. The molecular weight excluding hydrogens is 266 g/mol. The zero-order valence-corrected chi connectivity index (χ0v) is 12.0. The first-order chi connectivity index (χ1) is 10.2. The van der Waals surface area contributed by atoms with Gasteiger partial charge in [-0.25, -0.2) is 4.79 Å². The lowest BCUT2D eigenvalue weighted by atomic mass is 9.80. The van der Waals surface area contributed by atoms with Crippen LogP contribution in [0.25, 0.3) is 0 Å². The van der Waals surface area contributed by atoms with Gasteiger partial charge >= 0.3 is 6.09 Å². The van der Waals surface area contributed by atoms with Gasteiger partial charge in [-0.1, -0.05) is 24.3 Å². The van der Waals surface area contributed by atoms with Gasteiger partial charge < -0.3 is 4.74 Å². The number of ketones is 1. The van der Waals surface area contributed by atoms with Crippen LogP contribution in [-0.4, -0.2) is 30.4 Å². The van der Waals surface area contributed by atoms with E-state index < -0.39 is 0 Å². The van der Waals surface area contributed by atoms with Crippen molar-refractivity contribution in [2.24, 2.45) is 5.92 Å². The predicted octanol–water partition coefficient (Wildman–Crippen LogP) is 2.89. The van der Waals surface area contributed by atoms with Crippen molar-refractivity contribution in [1.29, 1.82) is 0 Å². The molecule has 1 aromatic rings. The number of methoxy groups -OCH3 is 1. The molecule has 0 aromatic heterocycles. The minimum absolute atomic E-state index is 0.00678. The van der Waals surface area contributed by atoms with Crippen molar-refractivity contribution < 1.29 is 14.3 Å². The first-order valence-corrected chi connectivity index (χ1v) is 7.40. The van der Waals surface area contributed by atoms with Gasteiger partial charge in [-0.05, 0) is 30.7 Å². The number of benzene rings is 1. The Morgan fingerprint density at radius 3 is 3.00 bits per heavy atom. The van der Waals surface area contributed by atoms with Gasteiger partial charge in [0, 0.05) is 29.3 Å². The van der Waals surface area contributed by atoms with Gasteiger partial charge in [-0.2, -0.15) is 0 Å². The number of hydrogen-bond donors (Lipinski definition) is 0. The van der Waals surface area contributed by atoms with Crippen molar-refractivity contribution in [1.82, 2.24) is 4.90 Å². The summed E-state index contributed by atoms with van der Waals surface area (Å²) in [5.74, 6) is 0.528. The Balaban J connectivity index is 1.90. The number of hydrogen-bond acceptors (Lipinski definition) is 3. The van der Waals surface area contributed by atoms with Crippen LogP contribution in [0.15, 0.2) is 36.0 Å². The van der Waals surface area contributed by atoms with E-state index in [1.807, 2.05) is 24.3 Å². The lowest BCUT2D eigenvalue weighted by Crippen LogP contribution is -2.38. The Hall–Kier alpha value is -2.10. The van der Waals surface area contributed by atoms with E-state index in [0.29, 0.717) is 12.5 Å². The molecule has 1 saturated carbocycles. The minimum Gasteiger partial charge on any atom is -0.452 e. The summed E-state index contributed by atoms with van der Waals surface area (Å²) < 4.78 is 4.92. The average Bonchev–Trinajstić information content (AvgIpc) is 3.23. The highest BCUT2D eigenvalue weighted by Gasteiger charge is 2.62. The van der Waals surface area contributed by atoms with Crippen molar-refractivity contribution in [3.63, 3.8) is 0 Å². The van der Waals surface area contributed by atoms with E-state index in [1.165, 1.54) is 7.11 Å². The van der Waals surface area contributed by atoms with Gasteiger partial charge in [0.25, 0.3) is 0 Å². The first kappa shape index (κ1) is 12.6. The number of carbonyl (C=O) groups is 2. The van der Waals surface area contributed by atoms with E-state index >= 15 is 0 Å². The lowest BCUT2D eigenvalue weighted by molar-refractivity contribution is 0.103. The summed E-state index contributed by atoms with van der Waals surface area (Å²) in [6.45, 7) is 0.631. The Morgan fingerprint density at radius 2 is 2.19 bits per heavy atom. The number of nitrogens with zero attached hydrogens (tertiary/aromatic N) is 1. The van der Waals surface area contributed by atoms with Crippen LogP contribution in [-0.2, 0) is 10.2 Å². The largest absolute Gasteiger partial charge is 0.452 e. The summed E-state index contributed by atoms with van der Waals surface area (Å²) in [6.07, 6.45) is 4.37. The number of amides is 1. The molecular formula is C17H17NO3. The standard InChI is InChI=1S/C17H17NO3/c1-21-16(20)18-8-4-5-11-10-17(11)13-7-3-2-6-12(13)14(19)9-15(17)18/h2-3,6-7,9,11H,4-5,8,10H2,1H3/t11-,17+/m0/s1. The maximum atomic E-state index is 12.4. The molecule has 2 aliphatic carbocycles. The molecule has 1 saturated heterocycles. The molecule has 0 unspecified atom stereocenters. The number of likely N-dealkylation sites (tertiary alicyclic amines) is 1. The summed E-state index contributed by atoms with van der Waals surface area (Å²) in [7, 11) is 1.39. The van der Waals surface area contributed by atoms with Crippen LogP contribution in [0.4, 0.5) is 4.79 Å². The maximum Gasteiger partial charge on any atom is 0.413 e. The first-order valence-electron chi connectivity index (χ1n) is 7.40. The SMILES string of the molecule is COC(=O)N1CCC[C@H]2C[C@@]23C1=CC(=O)c1ccccc13. The molecule has 4 heteroatoms. The number of rotatable bonds is 0. The molecule has 1 heterocycles. The monoisotopic (exact) mass is 283 g/mol. The predicted molar refractivity (Wildman–Crippen MR) is 77.0 cm³/mol. The van der Waals surface area contributed by atoms with E-state index in [4.69, 9.17) is 4.74 Å². The van der Waals surface area contributed by atoms with Crippen LogP contribution in [0, 0.1) is 5.92 Å². The van der Waals surface area contributed by atoms with Crippen LogP contribution in [0.5, 0.6) is 0 Å². The Bertz CT molecular complexity index is 678. The van der Waals surface area contributed by atoms with Crippen LogP contribution >= 0.6 is 0 Å². The van der Waals surface area contributed by atoms with Crippen LogP contribution in [0.1, 0.15) is 35.2 Å². The topological polar surface area (TPSA) is 46.6 Å². The minimum atomic E-state index is -0.361. The van der Waals surface area contributed by atoms with E-state index in [9.17, 15) is 9.59 Å². The molecule has 1 aliphatic heterocycles. The molecule has 21 heavy (non-hydrogen) atoms. The van der Waals surface area contributed by atoms with Crippen molar-refractivity contribution in [2.75, 3.05) is 13.7 Å². The molecule has 1 amide bonds. The van der Waals surface area contributed by atoms with Crippen molar-refractivity contribution in [2.45, 2.75) is 24.7 Å². The maximum absolute atomic E-state index is 12.4. The smallest absolute Gasteiger partial charge is 0.413 e. The van der Waals surface area contributed by atoms with Gasteiger partial charge in [-0.15, -0.1) is 0 Å². The van der Waals surface area contributed by atoms with E-state index in [1.54, 1.807) is 11.0 Å². The molecule has 4 rings (SSSR count). The summed E-state index contributed by atoms with van der Waals surface area (Å²) in [6, 6.07) is 7.81. The summed E-state index contributed by atoms with van der Waals surface area (Å²) in [5.41, 5.74) is 2.58. The van der Waals surface area contributed by atoms with Crippen molar-refractivity contribution in [3.05, 3.63) is 47.2 Å². The lowest BCUT2D eigenvalue weighted by Gasteiger charge is -2.33. The van der Waals surface area contributed by atoms with Crippen LogP contribution in [0.3, 0.4) is 0 Å². The zero-order chi connectivity index (χ0) is 14.6. The highest BCUT2D eigenvalue weighted by atomic mass is 16.5. The Labute approximate surface area is 123 Å². The van der Waals surface area contributed by atoms with Crippen molar-refractivity contribution >= 4 is 11.9 Å². The molecule has 108 valence electrons. The summed E-state index contributed by atoms with van der Waals surface area (Å²) >= 11 is 0. The summed E-state index contributed by atoms with van der Waals surface area (Å²) in [5, 5.41) is 0. The normalized spacial score (nSPS) is 29.6. The Morgan fingerprint density at radius 1 is 1.38 bits per heavy atom. The second-order valence-electron chi connectivity index (χ2n) is 6.08. The quantitative estimate of drug-likeness (QED) is 0.735. The second kappa shape index (κ2) is 4.20. The van der Waals surface area contributed by atoms with Crippen LogP contribution < -0.4 is 0 Å².